The summed E-state index contributed by atoms with van der Waals surface area (Å²) in [5.74, 6) is 0. The zero-order valence-corrected chi connectivity index (χ0v) is 14.4. The number of carbonyl (C=O) groups is 2. The van der Waals surface area contributed by atoms with Gasteiger partial charge in [0, 0.05) is 11.8 Å². The van der Waals surface area contributed by atoms with E-state index in [0.29, 0.717) is 4.57 Å². The van der Waals surface area contributed by atoms with Crippen LogP contribution in [0, 0.1) is 6.92 Å². The molecule has 0 spiro atoms. The van der Waals surface area contributed by atoms with Crippen molar-refractivity contribution >= 4 is 12.2 Å². The Hall–Kier alpha value is -2.38. The van der Waals surface area contributed by atoms with Gasteiger partial charge in [-0.25, -0.2) is 19.0 Å². The van der Waals surface area contributed by atoms with Gasteiger partial charge in [0.25, 0.3) is 5.56 Å². The van der Waals surface area contributed by atoms with Crippen molar-refractivity contribution in [3.05, 3.63) is 32.6 Å². The third-order valence-electron chi connectivity index (χ3n) is 2.43. The van der Waals surface area contributed by atoms with Gasteiger partial charge in [-0.05, 0) is 48.5 Å². The minimum Gasteiger partial charge on any atom is -0.443 e. The lowest BCUT2D eigenvalue weighted by molar-refractivity contribution is 0.0491. The fraction of sp³-hybridized carbons (Fsp3) is 0.600. The van der Waals surface area contributed by atoms with Crippen molar-refractivity contribution in [1.29, 1.82) is 0 Å². The van der Waals surface area contributed by atoms with E-state index in [4.69, 9.17) is 9.47 Å². The topological polar surface area (TPSA) is 96.6 Å². The normalized spacial score (nSPS) is 12.0. The molecule has 1 rings (SSSR count). The molecule has 0 atom stereocenters. The summed E-state index contributed by atoms with van der Waals surface area (Å²) >= 11 is 0. The Balaban J connectivity index is 3.45. The molecule has 0 aliphatic heterocycles. The number of nitrogens with zero attached hydrogens (tertiary/aromatic N) is 2. The summed E-state index contributed by atoms with van der Waals surface area (Å²) in [6.45, 7) is 11.1. The highest BCUT2D eigenvalue weighted by Crippen LogP contribution is 2.09. The van der Waals surface area contributed by atoms with Gasteiger partial charge in [0.15, 0.2) is 0 Å². The lowest BCUT2D eigenvalue weighted by Gasteiger charge is -2.21. The molecule has 0 bridgehead atoms. The SMILES string of the molecule is Cc1cn(C(=O)OC(C)(C)C)c(=O)n(C(=O)OC(C)(C)C)c1=O. The molecule has 1 aromatic rings. The van der Waals surface area contributed by atoms with Crippen LogP contribution in [0.2, 0.25) is 0 Å². The van der Waals surface area contributed by atoms with Crippen molar-refractivity contribution in [3.63, 3.8) is 0 Å². The molecular formula is C15H22N2O6. The van der Waals surface area contributed by atoms with Crippen LogP contribution in [0.1, 0.15) is 47.1 Å². The van der Waals surface area contributed by atoms with E-state index in [1.165, 1.54) is 6.92 Å². The fourth-order valence-electron chi connectivity index (χ4n) is 1.59. The maximum Gasteiger partial charge on any atom is 0.425 e. The molecule has 0 saturated carbocycles. The molecule has 8 nitrogen and oxygen atoms in total. The van der Waals surface area contributed by atoms with E-state index in [0.717, 1.165) is 6.20 Å². The van der Waals surface area contributed by atoms with Crippen molar-refractivity contribution in [2.75, 3.05) is 0 Å². The molecule has 128 valence electrons. The molecule has 0 fully saturated rings. The third-order valence-corrected chi connectivity index (χ3v) is 2.43. The van der Waals surface area contributed by atoms with Crippen LogP contribution in [0.25, 0.3) is 0 Å². The maximum absolute atomic E-state index is 12.3. The molecule has 0 amide bonds. The molecule has 0 aromatic carbocycles. The molecule has 0 aliphatic rings. The van der Waals surface area contributed by atoms with Gasteiger partial charge in [0.2, 0.25) is 0 Å². The van der Waals surface area contributed by atoms with Crippen LogP contribution in [-0.2, 0) is 9.47 Å². The van der Waals surface area contributed by atoms with Gasteiger partial charge in [-0.2, -0.15) is 4.57 Å². The van der Waals surface area contributed by atoms with Crippen molar-refractivity contribution in [1.82, 2.24) is 9.13 Å². The van der Waals surface area contributed by atoms with Crippen molar-refractivity contribution in [2.24, 2.45) is 0 Å². The van der Waals surface area contributed by atoms with Crippen LogP contribution >= 0.6 is 0 Å². The van der Waals surface area contributed by atoms with Crippen LogP contribution in [0.3, 0.4) is 0 Å². The second kappa shape index (κ2) is 6.02. The average molecular weight is 326 g/mol. The Kier molecular flexibility index (Phi) is 4.88. The lowest BCUT2D eigenvalue weighted by atomic mass is 10.2. The highest BCUT2D eigenvalue weighted by Gasteiger charge is 2.26. The quantitative estimate of drug-likeness (QED) is 0.722. The van der Waals surface area contributed by atoms with Gasteiger partial charge in [-0.3, -0.25) is 4.79 Å². The fourth-order valence-corrected chi connectivity index (χ4v) is 1.59. The average Bonchev–Trinajstić information content (AvgIpc) is 2.29. The summed E-state index contributed by atoms with van der Waals surface area (Å²) in [5, 5.41) is 0. The van der Waals surface area contributed by atoms with Crippen LogP contribution in [0.4, 0.5) is 9.59 Å². The molecule has 0 aliphatic carbocycles. The molecule has 1 heterocycles. The number of rotatable bonds is 0. The molecule has 0 unspecified atom stereocenters. The Labute approximate surface area is 133 Å². The highest BCUT2D eigenvalue weighted by molar-refractivity contribution is 5.74. The summed E-state index contributed by atoms with van der Waals surface area (Å²) in [7, 11) is 0. The predicted molar refractivity (Wildman–Crippen MR) is 83.0 cm³/mol. The first-order chi connectivity index (χ1) is 10.2. The Bertz CT molecular complexity index is 743. The van der Waals surface area contributed by atoms with Gasteiger partial charge in [0.05, 0.1) is 0 Å². The first kappa shape index (κ1) is 18.7. The van der Waals surface area contributed by atoms with Crippen molar-refractivity contribution in [2.45, 2.75) is 59.7 Å². The van der Waals surface area contributed by atoms with Gasteiger partial charge >= 0.3 is 17.9 Å². The number of hydrogen-bond donors (Lipinski definition) is 0. The molecule has 8 heteroatoms. The van der Waals surface area contributed by atoms with E-state index in [1.54, 1.807) is 41.5 Å². The van der Waals surface area contributed by atoms with Gasteiger partial charge in [-0.15, -0.1) is 0 Å². The minimum atomic E-state index is -1.14. The summed E-state index contributed by atoms with van der Waals surface area (Å²) in [6.07, 6.45) is -1.09. The first-order valence-corrected chi connectivity index (χ1v) is 7.05. The minimum absolute atomic E-state index is 0.0290. The summed E-state index contributed by atoms with van der Waals surface area (Å²) in [5.41, 5.74) is -3.68. The van der Waals surface area contributed by atoms with Gasteiger partial charge in [-0.1, -0.05) is 0 Å². The summed E-state index contributed by atoms with van der Waals surface area (Å²) in [6, 6.07) is 0. The Morgan fingerprint density at radius 2 is 1.35 bits per heavy atom. The van der Waals surface area contributed by atoms with E-state index in [1.807, 2.05) is 0 Å². The largest absolute Gasteiger partial charge is 0.443 e. The molecule has 0 radical (unpaired) electrons. The predicted octanol–water partition coefficient (Wildman–Crippen LogP) is 1.88. The summed E-state index contributed by atoms with van der Waals surface area (Å²) in [4.78, 5) is 48.6. The molecular weight excluding hydrogens is 304 g/mol. The standard InChI is InChI=1S/C15H22N2O6/c1-9-8-16(12(20)22-14(2,3)4)11(19)17(10(9)18)13(21)23-15(5,6)7/h8H,1-7H3. The first-order valence-electron chi connectivity index (χ1n) is 7.05. The number of hydrogen-bond acceptors (Lipinski definition) is 6. The zero-order valence-electron chi connectivity index (χ0n) is 14.4. The monoisotopic (exact) mass is 326 g/mol. The van der Waals surface area contributed by atoms with Crippen LogP contribution in [0.5, 0.6) is 0 Å². The van der Waals surface area contributed by atoms with E-state index in [9.17, 15) is 19.2 Å². The highest BCUT2D eigenvalue weighted by atomic mass is 16.6. The second-order valence-corrected chi connectivity index (χ2v) is 7.07. The number of carbonyl (C=O) groups excluding carboxylic acids is 2. The van der Waals surface area contributed by atoms with Crippen LogP contribution in [-0.4, -0.2) is 32.5 Å². The van der Waals surface area contributed by atoms with E-state index in [-0.39, 0.29) is 10.1 Å². The molecule has 0 saturated heterocycles. The van der Waals surface area contributed by atoms with E-state index >= 15 is 0 Å². The zero-order chi connectivity index (χ0) is 18.2. The number of aryl methyl sites for hydroxylation is 1. The summed E-state index contributed by atoms with van der Waals surface area (Å²) < 4.78 is 11.0. The Morgan fingerprint density at radius 3 is 1.78 bits per heavy atom. The Morgan fingerprint density at radius 1 is 0.913 bits per heavy atom. The van der Waals surface area contributed by atoms with E-state index < -0.39 is 34.6 Å². The van der Waals surface area contributed by atoms with Crippen molar-refractivity contribution in [3.8, 4) is 0 Å². The number of aromatic nitrogens is 2. The van der Waals surface area contributed by atoms with Gasteiger partial charge < -0.3 is 9.47 Å². The van der Waals surface area contributed by atoms with Crippen molar-refractivity contribution < 1.29 is 19.1 Å². The van der Waals surface area contributed by atoms with Gasteiger partial charge in [0.1, 0.15) is 11.2 Å². The van der Waals surface area contributed by atoms with Crippen LogP contribution in [0.15, 0.2) is 15.8 Å². The van der Waals surface area contributed by atoms with E-state index in [2.05, 4.69) is 0 Å². The lowest BCUT2D eigenvalue weighted by Crippen LogP contribution is -2.48. The maximum atomic E-state index is 12.3. The molecule has 23 heavy (non-hydrogen) atoms. The smallest absolute Gasteiger partial charge is 0.425 e. The second-order valence-electron chi connectivity index (χ2n) is 7.07. The van der Waals surface area contributed by atoms with Crippen LogP contribution < -0.4 is 11.2 Å². The number of ether oxygens (including phenoxy) is 2. The third kappa shape index (κ3) is 4.80. The molecule has 1 aromatic heterocycles. The molecule has 0 N–H and O–H groups in total.